The van der Waals surface area contributed by atoms with Crippen LogP contribution in [0.4, 0.5) is 17.3 Å². The molecule has 8 nitrogen and oxygen atoms in total. The maximum atomic E-state index is 11.0. The summed E-state index contributed by atoms with van der Waals surface area (Å²) in [7, 11) is 1.57. The molecule has 0 bridgehead atoms. The number of anilines is 2. The zero-order valence-electron chi connectivity index (χ0n) is 10.4. The first-order chi connectivity index (χ1) is 9.11. The number of hydrogen-bond donors (Lipinski definition) is 2. The number of rotatable bonds is 5. The standard InChI is InChI=1S/C10H12N6O2S/c1-6-15-7(4-19-6)3-12-10-8(16(17)18)9(11-2)13-5-14-10/h4-5H,3H2,1-2H3,(H2,11,12,13,14). The molecule has 0 amide bonds. The van der Waals surface area contributed by atoms with E-state index in [2.05, 4.69) is 25.6 Å². The Morgan fingerprint density at radius 2 is 2.16 bits per heavy atom. The molecule has 0 aliphatic rings. The van der Waals surface area contributed by atoms with E-state index in [9.17, 15) is 10.1 Å². The molecule has 0 radical (unpaired) electrons. The summed E-state index contributed by atoms with van der Waals surface area (Å²) in [4.78, 5) is 22.5. The predicted octanol–water partition coefficient (Wildman–Crippen LogP) is 1.80. The molecule has 2 rings (SSSR count). The van der Waals surface area contributed by atoms with Crippen LogP contribution in [0.2, 0.25) is 0 Å². The largest absolute Gasteiger partial charge is 0.367 e. The molecule has 0 spiro atoms. The van der Waals surface area contributed by atoms with Gasteiger partial charge in [0.2, 0.25) is 11.6 Å². The smallest absolute Gasteiger partial charge is 0.353 e. The molecule has 0 aliphatic heterocycles. The Balaban J connectivity index is 2.22. The van der Waals surface area contributed by atoms with Gasteiger partial charge in [-0.2, -0.15) is 0 Å². The molecule has 0 fully saturated rings. The maximum absolute atomic E-state index is 11.0. The summed E-state index contributed by atoms with van der Waals surface area (Å²) in [6, 6.07) is 0. The van der Waals surface area contributed by atoms with Gasteiger partial charge in [-0.05, 0) is 6.92 Å². The highest BCUT2D eigenvalue weighted by atomic mass is 32.1. The first-order valence-corrected chi connectivity index (χ1v) is 6.31. The molecule has 0 aliphatic carbocycles. The zero-order valence-corrected chi connectivity index (χ0v) is 11.2. The Morgan fingerprint density at radius 3 is 2.74 bits per heavy atom. The number of nitrogens with one attached hydrogen (secondary N) is 2. The van der Waals surface area contributed by atoms with Crippen molar-refractivity contribution in [1.82, 2.24) is 15.0 Å². The number of thiazole rings is 1. The minimum absolute atomic E-state index is 0.169. The van der Waals surface area contributed by atoms with Gasteiger partial charge in [0.25, 0.3) is 0 Å². The van der Waals surface area contributed by atoms with E-state index >= 15 is 0 Å². The minimum atomic E-state index is -0.513. The molecule has 19 heavy (non-hydrogen) atoms. The van der Waals surface area contributed by atoms with Crippen molar-refractivity contribution in [2.24, 2.45) is 0 Å². The summed E-state index contributed by atoms with van der Waals surface area (Å²) >= 11 is 1.53. The summed E-state index contributed by atoms with van der Waals surface area (Å²) in [6.45, 7) is 2.28. The van der Waals surface area contributed by atoms with E-state index in [0.717, 1.165) is 10.7 Å². The first-order valence-electron chi connectivity index (χ1n) is 5.44. The highest BCUT2D eigenvalue weighted by Crippen LogP contribution is 2.28. The Labute approximate surface area is 113 Å². The van der Waals surface area contributed by atoms with Gasteiger partial charge in [0.15, 0.2) is 0 Å². The monoisotopic (exact) mass is 280 g/mol. The Hall–Kier alpha value is -2.29. The van der Waals surface area contributed by atoms with Gasteiger partial charge >= 0.3 is 5.69 Å². The molecule has 0 unspecified atom stereocenters. The van der Waals surface area contributed by atoms with Crippen molar-refractivity contribution in [2.45, 2.75) is 13.5 Å². The molecule has 2 N–H and O–H groups in total. The minimum Gasteiger partial charge on any atom is -0.367 e. The molecule has 0 aromatic carbocycles. The van der Waals surface area contributed by atoms with Crippen molar-refractivity contribution < 1.29 is 4.92 Å². The van der Waals surface area contributed by atoms with Crippen LogP contribution in [0, 0.1) is 17.0 Å². The molecule has 2 heterocycles. The lowest BCUT2D eigenvalue weighted by Gasteiger charge is -2.06. The average Bonchev–Trinajstić information content (AvgIpc) is 2.81. The van der Waals surface area contributed by atoms with Gasteiger partial charge in [0.05, 0.1) is 22.2 Å². The second-order valence-electron chi connectivity index (χ2n) is 3.64. The summed E-state index contributed by atoms with van der Waals surface area (Å²) in [5.74, 6) is 0.354. The van der Waals surface area contributed by atoms with Crippen LogP contribution in [0.1, 0.15) is 10.7 Å². The highest BCUT2D eigenvalue weighted by Gasteiger charge is 2.21. The summed E-state index contributed by atoms with van der Waals surface area (Å²) in [5, 5.41) is 19.5. The second-order valence-corrected chi connectivity index (χ2v) is 4.70. The lowest BCUT2D eigenvalue weighted by Crippen LogP contribution is -2.08. The van der Waals surface area contributed by atoms with Crippen molar-refractivity contribution in [1.29, 1.82) is 0 Å². The van der Waals surface area contributed by atoms with E-state index in [1.807, 2.05) is 12.3 Å². The maximum Gasteiger partial charge on any atom is 0.353 e. The van der Waals surface area contributed by atoms with E-state index in [-0.39, 0.29) is 17.3 Å². The van der Waals surface area contributed by atoms with Crippen LogP contribution in [0.3, 0.4) is 0 Å². The third kappa shape index (κ3) is 2.94. The lowest BCUT2D eigenvalue weighted by atomic mass is 10.4. The lowest BCUT2D eigenvalue weighted by molar-refractivity contribution is -0.383. The predicted molar refractivity (Wildman–Crippen MR) is 72.4 cm³/mol. The molecule has 100 valence electrons. The van der Waals surface area contributed by atoms with Crippen molar-refractivity contribution in [3.63, 3.8) is 0 Å². The van der Waals surface area contributed by atoms with E-state index in [4.69, 9.17) is 0 Å². The summed E-state index contributed by atoms with van der Waals surface area (Å²) in [6.07, 6.45) is 1.27. The van der Waals surface area contributed by atoms with Crippen LogP contribution in [-0.2, 0) is 6.54 Å². The topological polar surface area (TPSA) is 106 Å². The number of nitro groups is 1. The average molecular weight is 280 g/mol. The molecule has 9 heteroatoms. The second kappa shape index (κ2) is 5.57. The molecule has 0 atom stereocenters. The Kier molecular flexibility index (Phi) is 3.85. The fourth-order valence-electron chi connectivity index (χ4n) is 1.53. The molecular weight excluding hydrogens is 268 g/mol. The number of hydrogen-bond acceptors (Lipinski definition) is 8. The van der Waals surface area contributed by atoms with Crippen LogP contribution in [0.15, 0.2) is 11.7 Å². The van der Waals surface area contributed by atoms with Crippen LogP contribution in [0.25, 0.3) is 0 Å². The van der Waals surface area contributed by atoms with Crippen molar-refractivity contribution >= 4 is 28.7 Å². The van der Waals surface area contributed by atoms with E-state index in [1.54, 1.807) is 7.05 Å². The van der Waals surface area contributed by atoms with Gasteiger partial charge in [-0.1, -0.05) is 0 Å². The van der Waals surface area contributed by atoms with Gasteiger partial charge in [-0.15, -0.1) is 11.3 Å². The fourth-order valence-corrected chi connectivity index (χ4v) is 2.14. The van der Waals surface area contributed by atoms with Crippen LogP contribution in [-0.4, -0.2) is 26.9 Å². The SMILES string of the molecule is CNc1ncnc(NCc2csc(C)n2)c1[N+](=O)[O-]. The summed E-state index contributed by atoms with van der Waals surface area (Å²) in [5.41, 5.74) is 0.651. The first kappa shape index (κ1) is 13.1. The quantitative estimate of drug-likeness (QED) is 0.635. The van der Waals surface area contributed by atoms with Crippen molar-refractivity contribution in [2.75, 3.05) is 17.7 Å². The number of nitrogens with zero attached hydrogens (tertiary/aromatic N) is 4. The van der Waals surface area contributed by atoms with Gasteiger partial charge in [0.1, 0.15) is 6.33 Å². The zero-order chi connectivity index (χ0) is 13.8. The number of aromatic nitrogens is 3. The van der Waals surface area contributed by atoms with Crippen LogP contribution >= 0.6 is 11.3 Å². The van der Waals surface area contributed by atoms with Crippen molar-refractivity contribution in [3.05, 3.63) is 32.5 Å². The molecule has 0 saturated heterocycles. The highest BCUT2D eigenvalue weighted by molar-refractivity contribution is 7.09. The molecule has 2 aromatic heterocycles. The van der Waals surface area contributed by atoms with Gasteiger partial charge < -0.3 is 10.6 Å². The van der Waals surface area contributed by atoms with Crippen molar-refractivity contribution in [3.8, 4) is 0 Å². The third-order valence-electron chi connectivity index (χ3n) is 2.35. The van der Waals surface area contributed by atoms with Gasteiger partial charge in [-0.25, -0.2) is 15.0 Å². The molecular formula is C10H12N6O2S. The van der Waals surface area contributed by atoms with Gasteiger partial charge in [-0.3, -0.25) is 10.1 Å². The normalized spacial score (nSPS) is 10.2. The van der Waals surface area contributed by atoms with E-state index in [1.165, 1.54) is 17.7 Å². The fraction of sp³-hybridized carbons (Fsp3) is 0.300. The Bertz CT molecular complexity index is 599. The third-order valence-corrected chi connectivity index (χ3v) is 3.17. The Morgan fingerprint density at radius 1 is 1.42 bits per heavy atom. The van der Waals surface area contributed by atoms with Crippen LogP contribution < -0.4 is 10.6 Å². The van der Waals surface area contributed by atoms with E-state index in [0.29, 0.717) is 6.54 Å². The molecule has 0 saturated carbocycles. The van der Waals surface area contributed by atoms with E-state index < -0.39 is 4.92 Å². The summed E-state index contributed by atoms with van der Waals surface area (Å²) < 4.78 is 0. The van der Waals surface area contributed by atoms with Gasteiger partial charge in [0, 0.05) is 12.4 Å². The number of aryl methyl sites for hydroxylation is 1. The molecule has 2 aromatic rings. The van der Waals surface area contributed by atoms with Crippen LogP contribution in [0.5, 0.6) is 0 Å².